The summed E-state index contributed by atoms with van der Waals surface area (Å²) in [5.74, 6) is 0. The molecule has 0 unspecified atom stereocenters. The van der Waals surface area contributed by atoms with Crippen LogP contribution in [0.5, 0.6) is 0 Å². The molecular weight excluding hydrogens is 456 g/mol. The number of nitrogens with one attached hydrogen (secondary N) is 1. The number of hydrogen-bond acceptors (Lipinski definition) is 2. The van der Waals surface area contributed by atoms with Crippen molar-refractivity contribution in [2.24, 2.45) is 0 Å². The molecule has 0 atom stereocenters. The molecule has 1 N–H and O–H groups in total. The van der Waals surface area contributed by atoms with Crippen LogP contribution < -0.4 is 5.32 Å². The summed E-state index contributed by atoms with van der Waals surface area (Å²) < 4.78 is 0. The summed E-state index contributed by atoms with van der Waals surface area (Å²) in [6.07, 6.45) is 6.63. The third-order valence-electron chi connectivity index (χ3n) is 3.63. The van der Waals surface area contributed by atoms with Crippen molar-refractivity contribution in [1.29, 1.82) is 0 Å². The molecule has 0 spiro atoms. The van der Waals surface area contributed by atoms with Crippen LogP contribution in [0.3, 0.4) is 0 Å². The molecule has 2 aromatic rings. The van der Waals surface area contributed by atoms with Gasteiger partial charge in [0.1, 0.15) is 0 Å². The zero-order valence-electron chi connectivity index (χ0n) is 13.4. The Hall–Kier alpha value is -1.44. The SMILES string of the molecule is CN1CC[CH-]CC1.O=[C-]Nc1ccccc1-c1ccccc1.[W+2]. The van der Waals surface area contributed by atoms with Gasteiger partial charge in [0.15, 0.2) is 0 Å². The van der Waals surface area contributed by atoms with Crippen molar-refractivity contribution in [1.82, 2.24) is 4.90 Å². The largest absolute Gasteiger partial charge is 2.00 e. The smallest absolute Gasteiger partial charge is 0.490 e. The molecule has 0 aromatic heterocycles. The molecular formula is C19H22N2OW. The number of piperidine rings is 1. The van der Waals surface area contributed by atoms with E-state index in [0.29, 0.717) is 0 Å². The summed E-state index contributed by atoms with van der Waals surface area (Å²) >= 11 is 0. The number of nitrogens with zero attached hydrogens (tertiary/aromatic N) is 1. The fourth-order valence-corrected chi connectivity index (χ4v) is 2.40. The molecule has 1 aliphatic heterocycles. The zero-order chi connectivity index (χ0) is 15.6. The average molecular weight is 478 g/mol. The second-order valence-electron chi connectivity index (χ2n) is 5.31. The first kappa shape index (κ1) is 19.6. The van der Waals surface area contributed by atoms with Gasteiger partial charge in [0.25, 0.3) is 0 Å². The molecule has 2 aromatic carbocycles. The Morgan fingerprint density at radius 1 is 1.00 bits per heavy atom. The Balaban J connectivity index is 0.000000280. The second kappa shape index (κ2) is 11.1. The molecule has 1 saturated heterocycles. The number of likely N-dealkylation sites (tertiary alicyclic amines) is 1. The minimum absolute atomic E-state index is 0. The van der Waals surface area contributed by atoms with Crippen molar-refractivity contribution in [2.75, 3.05) is 25.5 Å². The quantitative estimate of drug-likeness (QED) is 0.539. The fraction of sp³-hybridized carbons (Fsp3) is 0.263. The van der Waals surface area contributed by atoms with E-state index in [-0.39, 0.29) is 21.1 Å². The van der Waals surface area contributed by atoms with Crippen LogP contribution in [0.25, 0.3) is 11.1 Å². The summed E-state index contributed by atoms with van der Waals surface area (Å²) in [7, 11) is 2.17. The number of benzene rings is 2. The monoisotopic (exact) mass is 478 g/mol. The van der Waals surface area contributed by atoms with Crippen LogP contribution in [-0.2, 0) is 25.9 Å². The van der Waals surface area contributed by atoms with E-state index in [1.807, 2.05) is 54.6 Å². The fourth-order valence-electron chi connectivity index (χ4n) is 2.40. The van der Waals surface area contributed by atoms with E-state index < -0.39 is 0 Å². The molecule has 4 heteroatoms. The van der Waals surface area contributed by atoms with Gasteiger partial charge in [-0.05, 0) is 25.7 Å². The van der Waals surface area contributed by atoms with Gasteiger partial charge < -0.3 is 21.4 Å². The van der Waals surface area contributed by atoms with Crippen molar-refractivity contribution in [3.8, 4) is 11.1 Å². The first-order valence-corrected chi connectivity index (χ1v) is 7.59. The van der Waals surface area contributed by atoms with Crippen LogP contribution in [0.2, 0.25) is 0 Å². The van der Waals surface area contributed by atoms with Crippen LogP contribution >= 0.6 is 0 Å². The molecule has 0 saturated carbocycles. The topological polar surface area (TPSA) is 32.3 Å². The van der Waals surface area contributed by atoms with Crippen molar-refractivity contribution < 1.29 is 25.9 Å². The summed E-state index contributed by atoms with van der Waals surface area (Å²) in [6.45, 7) is 2.53. The maximum absolute atomic E-state index is 10.3. The van der Waals surface area contributed by atoms with Crippen molar-refractivity contribution >= 4 is 12.1 Å². The maximum Gasteiger partial charge on any atom is 2.00 e. The molecule has 0 aliphatic carbocycles. The van der Waals surface area contributed by atoms with E-state index in [1.54, 1.807) is 6.41 Å². The number of carbonyl (C=O) groups excluding carboxylic acids is 1. The Morgan fingerprint density at radius 3 is 2.17 bits per heavy atom. The van der Waals surface area contributed by atoms with E-state index >= 15 is 0 Å². The van der Waals surface area contributed by atoms with E-state index in [2.05, 4.69) is 23.7 Å². The van der Waals surface area contributed by atoms with Gasteiger partial charge in [0, 0.05) is 0 Å². The molecule has 0 bridgehead atoms. The molecule has 3 nitrogen and oxygen atoms in total. The van der Waals surface area contributed by atoms with Gasteiger partial charge in [0.05, 0.1) is 6.41 Å². The third-order valence-corrected chi connectivity index (χ3v) is 3.63. The van der Waals surface area contributed by atoms with Crippen LogP contribution in [0.4, 0.5) is 5.69 Å². The average Bonchev–Trinajstić information content (AvgIpc) is 2.58. The standard InChI is InChI=1S/C13H10NO.C6H12N.W/c15-10-14-13-9-5-4-8-12(13)11-6-2-1-3-7-11;1-7-5-3-2-4-6-7;/h1-9H,(H,14,15);2H,3-6H2,1H3;/q2*-1;+2. The molecule has 120 valence electrons. The van der Waals surface area contributed by atoms with Gasteiger partial charge in [0.2, 0.25) is 0 Å². The third kappa shape index (κ3) is 6.68. The van der Waals surface area contributed by atoms with E-state index in [4.69, 9.17) is 0 Å². The summed E-state index contributed by atoms with van der Waals surface area (Å²) in [6, 6.07) is 17.6. The van der Waals surface area contributed by atoms with E-state index in [1.165, 1.54) is 25.9 Å². The second-order valence-corrected chi connectivity index (χ2v) is 5.31. The Morgan fingerprint density at radius 2 is 1.61 bits per heavy atom. The van der Waals surface area contributed by atoms with Crippen molar-refractivity contribution in [3.63, 3.8) is 0 Å². The van der Waals surface area contributed by atoms with Gasteiger partial charge in [-0.2, -0.15) is 12.8 Å². The summed E-state index contributed by atoms with van der Waals surface area (Å²) in [5.41, 5.74) is 2.86. The van der Waals surface area contributed by atoms with Gasteiger partial charge in [-0.15, -0.1) is 11.8 Å². The number of hydrogen-bond donors (Lipinski definition) is 1. The molecule has 1 aliphatic rings. The molecule has 23 heavy (non-hydrogen) atoms. The molecule has 1 heterocycles. The van der Waals surface area contributed by atoms with Gasteiger partial charge >= 0.3 is 21.1 Å². The zero-order valence-corrected chi connectivity index (χ0v) is 16.3. The predicted molar refractivity (Wildman–Crippen MR) is 92.2 cm³/mol. The number of rotatable bonds is 3. The number of anilines is 1. The van der Waals surface area contributed by atoms with Crippen molar-refractivity contribution in [3.05, 3.63) is 61.0 Å². The van der Waals surface area contributed by atoms with Crippen LogP contribution in [0.1, 0.15) is 12.8 Å². The normalized spacial score (nSPS) is 14.0. The van der Waals surface area contributed by atoms with Gasteiger partial charge in [-0.25, -0.2) is 0 Å². The van der Waals surface area contributed by atoms with E-state index in [0.717, 1.165) is 16.8 Å². The van der Waals surface area contributed by atoms with Crippen LogP contribution in [0, 0.1) is 6.42 Å². The van der Waals surface area contributed by atoms with Crippen LogP contribution in [0.15, 0.2) is 54.6 Å². The molecule has 0 radical (unpaired) electrons. The Kier molecular flexibility index (Phi) is 9.50. The number of amides is 1. The summed E-state index contributed by atoms with van der Waals surface area (Å²) in [5, 5.41) is 2.57. The Bertz CT molecular complexity index is 569. The molecule has 3 rings (SSSR count). The van der Waals surface area contributed by atoms with Crippen LogP contribution in [-0.4, -0.2) is 31.4 Å². The Labute approximate surface area is 153 Å². The predicted octanol–water partition coefficient (Wildman–Crippen LogP) is 3.75. The molecule has 1 fully saturated rings. The summed E-state index contributed by atoms with van der Waals surface area (Å²) in [4.78, 5) is 12.7. The van der Waals surface area contributed by atoms with E-state index in [9.17, 15) is 4.79 Å². The first-order valence-electron chi connectivity index (χ1n) is 7.59. The minimum atomic E-state index is 0. The minimum Gasteiger partial charge on any atom is -0.490 e. The first-order chi connectivity index (χ1) is 10.8. The number of para-hydroxylation sites is 1. The van der Waals surface area contributed by atoms with Gasteiger partial charge in [-0.3, -0.25) is 0 Å². The van der Waals surface area contributed by atoms with Crippen molar-refractivity contribution in [2.45, 2.75) is 12.8 Å². The molecule has 1 amide bonds. The van der Waals surface area contributed by atoms with Gasteiger partial charge in [-0.1, -0.05) is 54.1 Å². The maximum atomic E-state index is 10.3.